The summed E-state index contributed by atoms with van der Waals surface area (Å²) in [6, 6.07) is 0. The number of aliphatic carboxylic acids is 2. The Morgan fingerprint density at radius 1 is 1.09 bits per heavy atom. The smallest absolute Gasteiger partial charge is 0.372 e. The second-order valence-electron chi connectivity index (χ2n) is 1.81. The Labute approximate surface area is 61.9 Å². The Bertz CT molecular complexity index is 203. The van der Waals surface area contributed by atoms with Gasteiger partial charge in [-0.05, 0) is 0 Å². The average molecular weight is 158 g/mol. The predicted octanol–water partition coefficient (Wildman–Crippen LogP) is -0.329. The highest BCUT2D eigenvalue weighted by atomic mass is 16.4. The summed E-state index contributed by atoms with van der Waals surface area (Å²) in [6.45, 7) is 2.99. The van der Waals surface area contributed by atoms with Crippen molar-refractivity contribution in [3.05, 3.63) is 12.2 Å². The van der Waals surface area contributed by atoms with Gasteiger partial charge in [-0.3, -0.25) is 4.79 Å². The molecule has 0 atom stereocenters. The van der Waals surface area contributed by atoms with E-state index in [1.807, 2.05) is 0 Å². The first kappa shape index (κ1) is 9.35. The molecule has 5 nitrogen and oxygen atoms in total. The summed E-state index contributed by atoms with van der Waals surface area (Å²) in [7, 11) is 0. The average Bonchev–Trinajstić information content (AvgIpc) is 1.87. The van der Waals surface area contributed by atoms with Crippen molar-refractivity contribution in [2.45, 2.75) is 6.42 Å². The molecule has 2 N–H and O–H groups in total. The fourth-order valence-electron chi connectivity index (χ4n) is 0.345. The summed E-state index contributed by atoms with van der Waals surface area (Å²) in [5.74, 6) is -4.18. The molecule has 0 aromatic carbocycles. The van der Waals surface area contributed by atoms with Crippen LogP contribution >= 0.6 is 0 Å². The molecule has 0 bridgehead atoms. The van der Waals surface area contributed by atoms with E-state index < -0.39 is 29.7 Å². The van der Waals surface area contributed by atoms with Crippen LogP contribution in [0.2, 0.25) is 0 Å². The Kier molecular flexibility index (Phi) is 2.98. The van der Waals surface area contributed by atoms with Crippen molar-refractivity contribution in [1.82, 2.24) is 0 Å². The van der Waals surface area contributed by atoms with E-state index in [0.29, 0.717) is 0 Å². The third kappa shape index (κ3) is 3.14. The first-order valence-electron chi connectivity index (χ1n) is 2.62. The van der Waals surface area contributed by atoms with Crippen molar-refractivity contribution in [3.63, 3.8) is 0 Å². The van der Waals surface area contributed by atoms with Gasteiger partial charge in [0.1, 0.15) is 0 Å². The molecule has 0 heterocycles. The molecular formula is C6H6O5. The SMILES string of the molecule is C=C(CC(=O)C(=O)O)C(=O)O. The lowest BCUT2D eigenvalue weighted by molar-refractivity contribution is -0.149. The quantitative estimate of drug-likeness (QED) is 0.431. The molecule has 60 valence electrons. The molecule has 0 aromatic rings. The van der Waals surface area contributed by atoms with Gasteiger partial charge in [0.05, 0.1) is 0 Å². The molecule has 0 spiro atoms. The van der Waals surface area contributed by atoms with Crippen LogP contribution in [0.4, 0.5) is 0 Å². The summed E-state index contributed by atoms with van der Waals surface area (Å²) in [5, 5.41) is 16.2. The van der Waals surface area contributed by atoms with Gasteiger partial charge in [-0.1, -0.05) is 6.58 Å². The highest BCUT2D eigenvalue weighted by Gasteiger charge is 2.15. The highest BCUT2D eigenvalue weighted by Crippen LogP contribution is 1.98. The zero-order valence-corrected chi connectivity index (χ0v) is 5.53. The van der Waals surface area contributed by atoms with E-state index in [-0.39, 0.29) is 0 Å². The van der Waals surface area contributed by atoms with Gasteiger partial charge in [-0.25, -0.2) is 9.59 Å². The summed E-state index contributed by atoms with van der Waals surface area (Å²) in [4.78, 5) is 30.2. The van der Waals surface area contributed by atoms with Crippen LogP contribution in [0.15, 0.2) is 12.2 Å². The lowest BCUT2D eigenvalue weighted by Gasteiger charge is -1.93. The molecular weight excluding hydrogens is 152 g/mol. The van der Waals surface area contributed by atoms with Gasteiger partial charge < -0.3 is 10.2 Å². The third-order valence-corrected chi connectivity index (χ3v) is 0.915. The van der Waals surface area contributed by atoms with E-state index in [1.165, 1.54) is 0 Å². The molecule has 0 aliphatic carbocycles. The Hall–Kier alpha value is -1.65. The Morgan fingerprint density at radius 3 is 1.82 bits per heavy atom. The second kappa shape index (κ2) is 3.50. The zero-order chi connectivity index (χ0) is 9.02. The van der Waals surface area contributed by atoms with Gasteiger partial charge in [-0.2, -0.15) is 0 Å². The van der Waals surface area contributed by atoms with Crippen molar-refractivity contribution in [2.75, 3.05) is 0 Å². The van der Waals surface area contributed by atoms with Crippen molar-refractivity contribution in [3.8, 4) is 0 Å². The van der Waals surface area contributed by atoms with Crippen molar-refractivity contribution in [2.24, 2.45) is 0 Å². The van der Waals surface area contributed by atoms with Crippen molar-refractivity contribution < 1.29 is 24.6 Å². The van der Waals surface area contributed by atoms with Crippen LogP contribution in [0.5, 0.6) is 0 Å². The molecule has 0 aromatic heterocycles. The van der Waals surface area contributed by atoms with E-state index in [9.17, 15) is 14.4 Å². The standard InChI is InChI=1S/C6H6O5/c1-3(5(8)9)2-4(7)6(10)11/h1-2H2,(H,8,9)(H,10,11). The Balaban J connectivity index is 4.07. The fraction of sp³-hybridized carbons (Fsp3) is 0.167. The van der Waals surface area contributed by atoms with Crippen LogP contribution in [0.3, 0.4) is 0 Å². The van der Waals surface area contributed by atoms with Crippen molar-refractivity contribution >= 4 is 17.7 Å². The number of hydrogen-bond acceptors (Lipinski definition) is 3. The summed E-state index contributed by atoms with van der Waals surface area (Å²) < 4.78 is 0. The van der Waals surface area contributed by atoms with Gasteiger partial charge in [0.2, 0.25) is 5.78 Å². The van der Waals surface area contributed by atoms with Crippen molar-refractivity contribution in [1.29, 1.82) is 0 Å². The summed E-state index contributed by atoms with van der Waals surface area (Å²) in [5.41, 5.74) is -0.419. The molecule has 0 aliphatic heterocycles. The number of Topliss-reactive ketones (excluding diaryl/α,β-unsaturated/α-hetero) is 1. The normalized spacial score (nSPS) is 8.73. The van der Waals surface area contributed by atoms with Crippen LogP contribution in [-0.2, 0) is 14.4 Å². The minimum atomic E-state index is -1.65. The van der Waals surface area contributed by atoms with Gasteiger partial charge in [0.15, 0.2) is 0 Å². The van der Waals surface area contributed by atoms with Gasteiger partial charge >= 0.3 is 11.9 Å². The monoisotopic (exact) mass is 158 g/mol. The molecule has 0 aliphatic rings. The molecule has 5 heteroatoms. The van der Waals surface area contributed by atoms with Crippen LogP contribution in [0.25, 0.3) is 0 Å². The Morgan fingerprint density at radius 2 is 1.55 bits per heavy atom. The largest absolute Gasteiger partial charge is 0.478 e. The second-order valence-corrected chi connectivity index (χ2v) is 1.81. The molecule has 0 radical (unpaired) electrons. The van der Waals surface area contributed by atoms with Crippen LogP contribution in [-0.4, -0.2) is 27.9 Å². The molecule has 0 amide bonds. The van der Waals surface area contributed by atoms with Gasteiger partial charge in [-0.15, -0.1) is 0 Å². The topological polar surface area (TPSA) is 91.7 Å². The number of carboxylic acid groups (broad SMARTS) is 2. The minimum Gasteiger partial charge on any atom is -0.478 e. The minimum absolute atomic E-state index is 0.419. The lowest BCUT2D eigenvalue weighted by atomic mass is 10.1. The zero-order valence-electron chi connectivity index (χ0n) is 5.53. The number of rotatable bonds is 4. The van der Waals surface area contributed by atoms with E-state index in [1.54, 1.807) is 0 Å². The number of hydrogen-bond donors (Lipinski definition) is 2. The molecule has 11 heavy (non-hydrogen) atoms. The van der Waals surface area contributed by atoms with E-state index in [2.05, 4.69) is 6.58 Å². The van der Waals surface area contributed by atoms with E-state index in [0.717, 1.165) is 0 Å². The van der Waals surface area contributed by atoms with Gasteiger partial charge in [0, 0.05) is 12.0 Å². The number of carboxylic acids is 2. The number of carbonyl (C=O) groups excluding carboxylic acids is 1. The summed E-state index contributed by atoms with van der Waals surface area (Å²) in [6.07, 6.45) is -0.648. The molecule has 0 rings (SSSR count). The maximum absolute atomic E-state index is 10.3. The number of carbonyl (C=O) groups is 3. The summed E-state index contributed by atoms with van der Waals surface area (Å²) >= 11 is 0. The van der Waals surface area contributed by atoms with E-state index >= 15 is 0 Å². The lowest BCUT2D eigenvalue weighted by Crippen LogP contribution is -2.15. The fourth-order valence-corrected chi connectivity index (χ4v) is 0.345. The molecule has 0 unspecified atom stereocenters. The van der Waals surface area contributed by atoms with Crippen LogP contribution in [0.1, 0.15) is 6.42 Å². The third-order valence-electron chi connectivity index (χ3n) is 0.915. The molecule has 0 fully saturated rings. The van der Waals surface area contributed by atoms with E-state index in [4.69, 9.17) is 10.2 Å². The maximum atomic E-state index is 10.3. The molecule has 0 saturated heterocycles. The van der Waals surface area contributed by atoms with Gasteiger partial charge in [0.25, 0.3) is 0 Å². The predicted molar refractivity (Wildman–Crippen MR) is 34.0 cm³/mol. The highest BCUT2D eigenvalue weighted by molar-refractivity contribution is 6.33. The van der Waals surface area contributed by atoms with Crippen LogP contribution < -0.4 is 0 Å². The maximum Gasteiger partial charge on any atom is 0.372 e. The molecule has 0 saturated carbocycles. The van der Waals surface area contributed by atoms with Crippen LogP contribution in [0, 0.1) is 0 Å². The first-order valence-corrected chi connectivity index (χ1v) is 2.62. The number of ketones is 1. The first-order chi connectivity index (χ1) is 4.95.